The van der Waals surface area contributed by atoms with Crippen LogP contribution in [0.2, 0.25) is 0 Å². The number of rotatable bonds is 48. The van der Waals surface area contributed by atoms with Crippen LogP contribution < -0.4 is 0 Å². The van der Waals surface area contributed by atoms with Gasteiger partial charge < -0.3 is 14.2 Å². The molecule has 6 nitrogen and oxygen atoms in total. The van der Waals surface area contributed by atoms with E-state index in [-0.39, 0.29) is 31.1 Å². The molecule has 0 rings (SSSR count). The van der Waals surface area contributed by atoms with Crippen LogP contribution in [0, 0.1) is 0 Å². The van der Waals surface area contributed by atoms with Gasteiger partial charge in [-0.25, -0.2) is 0 Å². The molecule has 6 heteroatoms. The average Bonchev–Trinajstić information content (AvgIpc) is 3.28. The van der Waals surface area contributed by atoms with Gasteiger partial charge in [0.05, 0.1) is 0 Å². The van der Waals surface area contributed by atoms with E-state index in [1.165, 1.54) is 116 Å². The summed E-state index contributed by atoms with van der Waals surface area (Å²) in [5, 5.41) is 0. The number of hydrogen-bond acceptors (Lipinski definition) is 6. The molecule has 0 N–H and O–H groups in total. The largest absolute Gasteiger partial charge is 0.462 e. The first kappa shape index (κ1) is 60.1. The molecule has 364 valence electrons. The zero-order chi connectivity index (χ0) is 45.8. The third-order valence-electron chi connectivity index (χ3n) is 11.5. The second kappa shape index (κ2) is 51.7. The van der Waals surface area contributed by atoms with E-state index in [0.717, 1.165) is 109 Å². The van der Waals surface area contributed by atoms with Crippen LogP contribution in [0.1, 0.15) is 265 Å². The summed E-state index contributed by atoms with van der Waals surface area (Å²) in [6, 6.07) is 0. The van der Waals surface area contributed by atoms with Gasteiger partial charge in [-0.05, 0) is 96.3 Å². The highest BCUT2D eigenvalue weighted by Crippen LogP contribution is 2.15. The van der Waals surface area contributed by atoms with Crippen LogP contribution in [0.4, 0.5) is 0 Å². The van der Waals surface area contributed by atoms with Crippen LogP contribution in [-0.4, -0.2) is 37.2 Å². The lowest BCUT2D eigenvalue weighted by molar-refractivity contribution is -0.167. The number of carbonyl (C=O) groups excluding carboxylic acids is 3. The second-order valence-corrected chi connectivity index (χ2v) is 17.7. The monoisotopic (exact) mass is 881 g/mol. The van der Waals surface area contributed by atoms with Gasteiger partial charge in [-0.3, -0.25) is 14.4 Å². The molecule has 63 heavy (non-hydrogen) atoms. The lowest BCUT2D eigenvalue weighted by Crippen LogP contribution is -2.30. The molecule has 0 radical (unpaired) electrons. The summed E-state index contributed by atoms with van der Waals surface area (Å²) in [6.45, 7) is 6.47. The summed E-state index contributed by atoms with van der Waals surface area (Å²) in [5.41, 5.74) is 0. The number of ether oxygens (including phenoxy) is 3. The summed E-state index contributed by atoms with van der Waals surface area (Å²) in [5.74, 6) is -0.906. The maximum atomic E-state index is 12.8. The minimum Gasteiger partial charge on any atom is -0.462 e. The van der Waals surface area contributed by atoms with E-state index in [1.54, 1.807) is 0 Å². The minimum atomic E-state index is -0.783. The molecule has 0 aromatic carbocycles. The zero-order valence-electron chi connectivity index (χ0n) is 41.6. The van der Waals surface area contributed by atoms with Gasteiger partial charge in [0.2, 0.25) is 0 Å². The fraction of sp³-hybridized carbons (Fsp3) is 0.772. The lowest BCUT2D eigenvalue weighted by Gasteiger charge is -2.18. The molecule has 0 bridgehead atoms. The quantitative estimate of drug-likeness (QED) is 0.0262. The van der Waals surface area contributed by atoms with Crippen molar-refractivity contribution >= 4 is 17.9 Å². The first-order valence-electron chi connectivity index (χ1n) is 26.8. The molecule has 0 heterocycles. The molecule has 0 saturated carbocycles. The second-order valence-electron chi connectivity index (χ2n) is 17.7. The topological polar surface area (TPSA) is 78.9 Å². The van der Waals surface area contributed by atoms with Crippen molar-refractivity contribution in [3.63, 3.8) is 0 Å². The Kier molecular flexibility index (Phi) is 49.4. The Labute approximate surface area is 390 Å². The fourth-order valence-corrected chi connectivity index (χ4v) is 7.43. The van der Waals surface area contributed by atoms with E-state index >= 15 is 0 Å². The third-order valence-corrected chi connectivity index (χ3v) is 11.5. The summed E-state index contributed by atoms with van der Waals surface area (Å²) in [6.07, 6.45) is 63.5. The van der Waals surface area contributed by atoms with Crippen molar-refractivity contribution in [1.29, 1.82) is 0 Å². The highest BCUT2D eigenvalue weighted by atomic mass is 16.6. The van der Waals surface area contributed by atoms with E-state index in [9.17, 15) is 14.4 Å². The Morgan fingerprint density at radius 3 is 1.03 bits per heavy atom. The van der Waals surface area contributed by atoms with E-state index in [2.05, 4.69) is 81.5 Å². The van der Waals surface area contributed by atoms with Crippen LogP contribution in [0.25, 0.3) is 0 Å². The molecule has 0 aliphatic carbocycles. The van der Waals surface area contributed by atoms with Gasteiger partial charge in [0.25, 0.3) is 0 Å². The molecule has 0 spiro atoms. The Hall–Kier alpha value is -2.89. The van der Waals surface area contributed by atoms with Crippen LogP contribution in [0.3, 0.4) is 0 Å². The molecule has 1 unspecified atom stereocenters. The van der Waals surface area contributed by atoms with Crippen molar-refractivity contribution in [3.05, 3.63) is 60.8 Å². The highest BCUT2D eigenvalue weighted by molar-refractivity contribution is 5.71. The average molecular weight is 881 g/mol. The predicted molar refractivity (Wildman–Crippen MR) is 270 cm³/mol. The molecular weight excluding hydrogens is 781 g/mol. The van der Waals surface area contributed by atoms with E-state index in [1.807, 2.05) is 0 Å². The molecule has 0 aliphatic heterocycles. The predicted octanol–water partition coefficient (Wildman–Crippen LogP) is 17.6. The van der Waals surface area contributed by atoms with Crippen molar-refractivity contribution in [1.82, 2.24) is 0 Å². The summed E-state index contributed by atoms with van der Waals surface area (Å²) < 4.78 is 16.8. The van der Waals surface area contributed by atoms with E-state index in [0.29, 0.717) is 19.3 Å². The minimum absolute atomic E-state index is 0.0834. The number of allylic oxidation sites excluding steroid dienone is 10. The standard InChI is InChI=1S/C57H100O6/c1-4-7-10-13-16-19-22-24-26-28-29-30-32-33-35-38-41-44-47-50-56(59)62-53-54(52-61-55(58)49-46-43-40-37-21-18-15-12-9-6-3)63-57(60)51-48-45-42-39-36-34-31-27-25-23-20-17-14-11-8-5-2/h7,10,15-16,18-19,24,26-27,31,54H,4-6,8-9,11-14,17,20-23,25,28-30,32-53H2,1-3H3/b10-7-,18-15-,19-16-,26-24-,31-27-. The first-order valence-corrected chi connectivity index (χ1v) is 26.8. The van der Waals surface area contributed by atoms with Crippen molar-refractivity contribution in [3.8, 4) is 0 Å². The number of carbonyl (C=O) groups is 3. The third kappa shape index (κ3) is 50.0. The van der Waals surface area contributed by atoms with Crippen LogP contribution in [0.5, 0.6) is 0 Å². The van der Waals surface area contributed by atoms with Gasteiger partial charge in [0.1, 0.15) is 13.2 Å². The molecule has 0 aromatic rings. The Morgan fingerprint density at radius 2 is 0.635 bits per heavy atom. The van der Waals surface area contributed by atoms with Crippen molar-refractivity contribution in [2.75, 3.05) is 13.2 Å². The van der Waals surface area contributed by atoms with E-state index in [4.69, 9.17) is 14.2 Å². The fourth-order valence-electron chi connectivity index (χ4n) is 7.43. The Balaban J connectivity index is 4.34. The number of hydrogen-bond donors (Lipinski definition) is 0. The smallest absolute Gasteiger partial charge is 0.306 e. The molecular formula is C57H100O6. The van der Waals surface area contributed by atoms with Crippen molar-refractivity contribution in [2.45, 2.75) is 271 Å². The molecule has 0 fully saturated rings. The van der Waals surface area contributed by atoms with Crippen LogP contribution in [0.15, 0.2) is 60.8 Å². The highest BCUT2D eigenvalue weighted by Gasteiger charge is 2.19. The van der Waals surface area contributed by atoms with Crippen molar-refractivity contribution in [2.24, 2.45) is 0 Å². The van der Waals surface area contributed by atoms with Crippen molar-refractivity contribution < 1.29 is 28.6 Å². The summed E-state index contributed by atoms with van der Waals surface area (Å²) >= 11 is 0. The molecule has 0 aliphatic rings. The summed E-state index contributed by atoms with van der Waals surface area (Å²) in [7, 11) is 0. The molecule has 0 aromatic heterocycles. The van der Waals surface area contributed by atoms with Gasteiger partial charge >= 0.3 is 17.9 Å². The number of esters is 3. The number of unbranched alkanes of at least 4 members (excludes halogenated alkanes) is 27. The molecule has 0 saturated heterocycles. The first-order chi connectivity index (χ1) is 31.0. The van der Waals surface area contributed by atoms with Gasteiger partial charge in [-0.1, -0.05) is 210 Å². The Morgan fingerprint density at radius 1 is 0.333 bits per heavy atom. The lowest BCUT2D eigenvalue weighted by atomic mass is 10.1. The van der Waals surface area contributed by atoms with Gasteiger partial charge in [0, 0.05) is 19.3 Å². The Bertz CT molecular complexity index is 1150. The summed E-state index contributed by atoms with van der Waals surface area (Å²) in [4.78, 5) is 38.0. The van der Waals surface area contributed by atoms with Crippen LogP contribution in [-0.2, 0) is 28.6 Å². The molecule has 0 amide bonds. The van der Waals surface area contributed by atoms with Gasteiger partial charge in [-0.2, -0.15) is 0 Å². The van der Waals surface area contributed by atoms with E-state index < -0.39 is 6.10 Å². The molecule has 1 atom stereocenters. The SMILES string of the molecule is CC/C=C\C/C=C\C/C=C\CCCCCCCCCCCC(=O)OCC(COC(=O)CCCCCC/C=C\CCCC)OC(=O)CCCCCCC/C=C\CCCCCCCCC. The van der Waals surface area contributed by atoms with Crippen LogP contribution >= 0.6 is 0 Å². The maximum Gasteiger partial charge on any atom is 0.306 e. The van der Waals surface area contributed by atoms with Gasteiger partial charge in [-0.15, -0.1) is 0 Å². The van der Waals surface area contributed by atoms with Gasteiger partial charge in [0.15, 0.2) is 6.10 Å². The zero-order valence-corrected chi connectivity index (χ0v) is 41.6. The normalized spacial score (nSPS) is 12.5. The maximum absolute atomic E-state index is 12.8.